The van der Waals surface area contributed by atoms with E-state index in [1.54, 1.807) is 18.7 Å². The van der Waals surface area contributed by atoms with Crippen LogP contribution in [0, 0.1) is 19.8 Å². The number of likely N-dealkylation sites (tertiary alicyclic amines) is 2. The van der Waals surface area contributed by atoms with Crippen LogP contribution in [-0.2, 0) is 4.79 Å². The van der Waals surface area contributed by atoms with Gasteiger partial charge in [0.25, 0.3) is 5.91 Å². The van der Waals surface area contributed by atoms with Crippen molar-refractivity contribution < 1.29 is 19.5 Å². The van der Waals surface area contributed by atoms with E-state index in [1.807, 2.05) is 4.90 Å². The Hall–Kier alpha value is -2.31. The number of rotatable bonds is 3. The number of carboxylic acid groups (broad SMARTS) is 1. The molecule has 142 valence electrons. The zero-order valence-electron chi connectivity index (χ0n) is 15.5. The summed E-state index contributed by atoms with van der Waals surface area (Å²) < 4.78 is 0. The van der Waals surface area contributed by atoms with Crippen molar-refractivity contribution in [1.82, 2.24) is 14.8 Å². The lowest BCUT2D eigenvalue weighted by molar-refractivity contribution is -0.137. The molecule has 1 aromatic heterocycles. The molecule has 2 aliphatic rings. The molecule has 2 saturated heterocycles. The summed E-state index contributed by atoms with van der Waals surface area (Å²) in [6.07, 6.45) is 4.90. The molecule has 0 aromatic carbocycles. The van der Waals surface area contributed by atoms with Gasteiger partial charge in [-0.2, -0.15) is 0 Å². The van der Waals surface area contributed by atoms with Gasteiger partial charge in [-0.25, -0.2) is 4.79 Å². The Morgan fingerprint density at radius 3 is 2.27 bits per heavy atom. The van der Waals surface area contributed by atoms with Gasteiger partial charge in [-0.1, -0.05) is 0 Å². The molecule has 0 unspecified atom stereocenters. The number of carbonyl (C=O) groups is 3. The normalized spacial score (nSPS) is 20.9. The fourth-order valence-corrected chi connectivity index (χ4v) is 4.18. The molecule has 26 heavy (non-hydrogen) atoms. The van der Waals surface area contributed by atoms with E-state index in [1.165, 1.54) is 6.42 Å². The summed E-state index contributed by atoms with van der Waals surface area (Å²) in [6, 6.07) is 0. The third kappa shape index (κ3) is 3.48. The Morgan fingerprint density at radius 1 is 1.00 bits per heavy atom. The summed E-state index contributed by atoms with van der Waals surface area (Å²) >= 11 is 0. The lowest BCUT2D eigenvalue weighted by Crippen LogP contribution is -2.48. The number of hydrogen-bond acceptors (Lipinski definition) is 3. The van der Waals surface area contributed by atoms with E-state index in [0.29, 0.717) is 29.9 Å². The third-order valence-corrected chi connectivity index (χ3v) is 5.59. The Kier molecular flexibility index (Phi) is 5.34. The van der Waals surface area contributed by atoms with Crippen LogP contribution in [0.15, 0.2) is 0 Å². The van der Waals surface area contributed by atoms with E-state index in [9.17, 15) is 19.5 Å². The van der Waals surface area contributed by atoms with Crippen molar-refractivity contribution >= 4 is 17.8 Å². The van der Waals surface area contributed by atoms with Crippen LogP contribution in [0.1, 0.15) is 64.2 Å². The number of aromatic amines is 1. The van der Waals surface area contributed by atoms with E-state index in [-0.39, 0.29) is 23.4 Å². The van der Waals surface area contributed by atoms with Crippen molar-refractivity contribution in [3.63, 3.8) is 0 Å². The quantitative estimate of drug-likeness (QED) is 0.863. The summed E-state index contributed by atoms with van der Waals surface area (Å²) in [4.78, 5) is 43.5. The van der Waals surface area contributed by atoms with Crippen molar-refractivity contribution in [2.75, 3.05) is 26.2 Å². The van der Waals surface area contributed by atoms with Crippen molar-refractivity contribution in [3.05, 3.63) is 22.5 Å². The zero-order valence-corrected chi connectivity index (χ0v) is 15.5. The number of amides is 2. The number of aromatic nitrogens is 1. The SMILES string of the molecule is Cc1[nH]c(C(=O)O)c(C)c1C(=O)N1CCC[C@@H](C(=O)N2CCCCC2)C1. The highest BCUT2D eigenvalue weighted by Gasteiger charge is 2.33. The molecule has 0 bridgehead atoms. The highest BCUT2D eigenvalue weighted by atomic mass is 16.4. The van der Waals surface area contributed by atoms with Crippen LogP contribution in [0.2, 0.25) is 0 Å². The van der Waals surface area contributed by atoms with E-state index in [0.717, 1.165) is 38.8 Å². The van der Waals surface area contributed by atoms with Gasteiger partial charge in [-0.3, -0.25) is 9.59 Å². The van der Waals surface area contributed by atoms with Gasteiger partial charge in [0.1, 0.15) is 5.69 Å². The fourth-order valence-electron chi connectivity index (χ4n) is 4.18. The lowest BCUT2D eigenvalue weighted by Gasteiger charge is -2.36. The van der Waals surface area contributed by atoms with Gasteiger partial charge in [0.15, 0.2) is 0 Å². The Morgan fingerprint density at radius 2 is 1.65 bits per heavy atom. The van der Waals surface area contributed by atoms with Crippen LogP contribution < -0.4 is 0 Å². The Balaban J connectivity index is 1.74. The minimum atomic E-state index is -1.07. The van der Waals surface area contributed by atoms with Gasteiger partial charge in [-0.05, 0) is 51.5 Å². The predicted octanol–water partition coefficient (Wildman–Crippen LogP) is 2.19. The van der Waals surface area contributed by atoms with Crippen LogP contribution in [0.4, 0.5) is 0 Å². The third-order valence-electron chi connectivity index (χ3n) is 5.59. The van der Waals surface area contributed by atoms with Crippen LogP contribution >= 0.6 is 0 Å². The van der Waals surface area contributed by atoms with Crippen molar-refractivity contribution in [3.8, 4) is 0 Å². The highest BCUT2D eigenvalue weighted by molar-refractivity contribution is 6.01. The molecule has 2 aliphatic heterocycles. The molecule has 2 fully saturated rings. The number of piperidine rings is 2. The zero-order chi connectivity index (χ0) is 18.8. The fraction of sp³-hybridized carbons (Fsp3) is 0.632. The molecule has 3 rings (SSSR count). The molecule has 0 aliphatic carbocycles. The predicted molar refractivity (Wildman–Crippen MR) is 96.3 cm³/mol. The van der Waals surface area contributed by atoms with Gasteiger partial charge < -0.3 is 19.9 Å². The average Bonchev–Trinajstić information content (AvgIpc) is 2.96. The second-order valence-corrected chi connectivity index (χ2v) is 7.41. The maximum Gasteiger partial charge on any atom is 0.352 e. The minimum absolute atomic E-state index is 0.0591. The van der Waals surface area contributed by atoms with E-state index in [2.05, 4.69) is 4.98 Å². The number of aromatic carboxylic acids is 1. The molecule has 0 radical (unpaired) electrons. The molecule has 2 amide bonds. The number of hydrogen-bond donors (Lipinski definition) is 2. The highest BCUT2D eigenvalue weighted by Crippen LogP contribution is 2.25. The van der Waals surface area contributed by atoms with Gasteiger partial charge in [0.05, 0.1) is 11.5 Å². The smallest absolute Gasteiger partial charge is 0.352 e. The summed E-state index contributed by atoms with van der Waals surface area (Å²) in [7, 11) is 0. The summed E-state index contributed by atoms with van der Waals surface area (Å²) in [5, 5.41) is 9.25. The van der Waals surface area contributed by atoms with Crippen molar-refractivity contribution in [2.24, 2.45) is 5.92 Å². The lowest BCUT2D eigenvalue weighted by atomic mass is 9.94. The first-order valence-electron chi connectivity index (χ1n) is 9.40. The Bertz CT molecular complexity index is 719. The van der Waals surface area contributed by atoms with Crippen molar-refractivity contribution in [2.45, 2.75) is 46.0 Å². The topological polar surface area (TPSA) is 93.7 Å². The van der Waals surface area contributed by atoms with Gasteiger partial charge in [-0.15, -0.1) is 0 Å². The molecule has 0 spiro atoms. The maximum absolute atomic E-state index is 13.0. The first-order valence-corrected chi connectivity index (χ1v) is 9.40. The van der Waals surface area contributed by atoms with E-state index < -0.39 is 5.97 Å². The van der Waals surface area contributed by atoms with Gasteiger partial charge in [0.2, 0.25) is 5.91 Å². The molecule has 1 atom stereocenters. The molecule has 2 N–H and O–H groups in total. The molecular formula is C19H27N3O4. The van der Waals surface area contributed by atoms with E-state index >= 15 is 0 Å². The number of carbonyl (C=O) groups excluding carboxylic acids is 2. The molecule has 7 heteroatoms. The average molecular weight is 361 g/mol. The Labute approximate surface area is 153 Å². The summed E-state index contributed by atoms with van der Waals surface area (Å²) in [5.74, 6) is -1.23. The number of nitrogens with one attached hydrogen (secondary N) is 1. The molecule has 3 heterocycles. The number of H-pyrrole nitrogens is 1. The molecule has 7 nitrogen and oxygen atoms in total. The maximum atomic E-state index is 13.0. The van der Waals surface area contributed by atoms with Gasteiger partial charge >= 0.3 is 5.97 Å². The van der Waals surface area contributed by atoms with Crippen LogP contribution in [-0.4, -0.2) is 63.9 Å². The first-order chi connectivity index (χ1) is 12.4. The molecule has 1 aromatic rings. The van der Waals surface area contributed by atoms with E-state index in [4.69, 9.17) is 0 Å². The summed E-state index contributed by atoms with van der Waals surface area (Å²) in [5.41, 5.74) is 1.51. The van der Waals surface area contributed by atoms with Crippen LogP contribution in [0.5, 0.6) is 0 Å². The number of carboxylic acids is 1. The minimum Gasteiger partial charge on any atom is -0.477 e. The molecule has 0 saturated carbocycles. The van der Waals surface area contributed by atoms with Crippen molar-refractivity contribution in [1.29, 1.82) is 0 Å². The standard InChI is InChI=1S/C19H27N3O4/c1-12-15(13(2)20-16(12)19(25)26)18(24)22-10-6-7-14(11-22)17(23)21-8-4-3-5-9-21/h14,20H,3-11H2,1-2H3,(H,25,26)/t14-/m1/s1. The number of aryl methyl sites for hydroxylation is 1. The second-order valence-electron chi connectivity index (χ2n) is 7.41. The monoisotopic (exact) mass is 361 g/mol. The van der Waals surface area contributed by atoms with Gasteiger partial charge in [0, 0.05) is 31.9 Å². The summed E-state index contributed by atoms with van der Waals surface area (Å²) in [6.45, 7) is 6.03. The van der Waals surface area contributed by atoms with Crippen LogP contribution in [0.3, 0.4) is 0 Å². The second kappa shape index (κ2) is 7.51. The number of nitrogens with zero attached hydrogens (tertiary/aromatic N) is 2. The first kappa shape index (κ1) is 18.5. The molecular weight excluding hydrogens is 334 g/mol. The largest absolute Gasteiger partial charge is 0.477 e. The van der Waals surface area contributed by atoms with Crippen LogP contribution in [0.25, 0.3) is 0 Å².